The Hall–Kier alpha value is -0.120. The lowest BCUT2D eigenvalue weighted by Crippen LogP contribution is -2.69. The van der Waals surface area contributed by atoms with E-state index in [9.17, 15) is 0 Å². The first-order chi connectivity index (χ1) is 9.04. The maximum atomic E-state index is 5.72. The summed E-state index contributed by atoms with van der Waals surface area (Å²) < 4.78 is 5.72. The van der Waals surface area contributed by atoms with Crippen molar-refractivity contribution in [2.45, 2.75) is 64.5 Å². The first kappa shape index (κ1) is 15.3. The van der Waals surface area contributed by atoms with Crippen LogP contribution in [0.2, 0.25) is 0 Å². The minimum absolute atomic E-state index is 0.277. The maximum absolute atomic E-state index is 5.72. The van der Waals surface area contributed by atoms with Crippen molar-refractivity contribution >= 4 is 0 Å². The molecule has 0 bridgehead atoms. The highest BCUT2D eigenvalue weighted by atomic mass is 16.5. The standard InChI is InChI=1S/C16H32N2O/c1-5-10-19-11-9-18-13-15(3,6-2)17-12-16(18,4)14-7-8-14/h14,17H,5-13H2,1-4H3. The van der Waals surface area contributed by atoms with Gasteiger partial charge in [0.15, 0.2) is 0 Å². The van der Waals surface area contributed by atoms with Gasteiger partial charge in [-0.1, -0.05) is 13.8 Å². The summed E-state index contributed by atoms with van der Waals surface area (Å²) in [7, 11) is 0. The summed E-state index contributed by atoms with van der Waals surface area (Å²) in [6, 6.07) is 0. The molecule has 0 radical (unpaired) electrons. The van der Waals surface area contributed by atoms with Crippen LogP contribution in [-0.4, -0.2) is 48.8 Å². The highest BCUT2D eigenvalue weighted by molar-refractivity contribution is 5.07. The number of ether oxygens (including phenoxy) is 1. The fourth-order valence-electron chi connectivity index (χ4n) is 3.26. The maximum Gasteiger partial charge on any atom is 0.0593 e. The molecule has 2 atom stereocenters. The summed E-state index contributed by atoms with van der Waals surface area (Å²) in [6.45, 7) is 14.4. The van der Waals surface area contributed by atoms with Crippen LogP contribution in [0, 0.1) is 5.92 Å². The minimum Gasteiger partial charge on any atom is -0.380 e. The fourth-order valence-corrected chi connectivity index (χ4v) is 3.26. The molecule has 1 aliphatic heterocycles. The molecule has 0 aromatic rings. The van der Waals surface area contributed by atoms with Gasteiger partial charge in [-0.25, -0.2) is 0 Å². The molecule has 0 aromatic heterocycles. The summed E-state index contributed by atoms with van der Waals surface area (Å²) >= 11 is 0. The summed E-state index contributed by atoms with van der Waals surface area (Å²) in [6.07, 6.45) is 5.13. The van der Waals surface area contributed by atoms with Gasteiger partial charge in [0.25, 0.3) is 0 Å². The van der Waals surface area contributed by atoms with Crippen molar-refractivity contribution in [3.05, 3.63) is 0 Å². The third kappa shape index (κ3) is 3.50. The molecule has 1 saturated carbocycles. The lowest BCUT2D eigenvalue weighted by molar-refractivity contribution is -0.0152. The van der Waals surface area contributed by atoms with Crippen LogP contribution < -0.4 is 5.32 Å². The minimum atomic E-state index is 0.277. The molecule has 2 fully saturated rings. The lowest BCUT2D eigenvalue weighted by Gasteiger charge is -2.52. The average molecular weight is 268 g/mol. The number of rotatable bonds is 7. The molecule has 0 aromatic carbocycles. The van der Waals surface area contributed by atoms with E-state index in [0.717, 1.165) is 45.2 Å². The van der Waals surface area contributed by atoms with Crippen molar-refractivity contribution in [2.24, 2.45) is 5.92 Å². The molecule has 2 unspecified atom stereocenters. The Kier molecular flexibility index (Phi) is 4.91. The Labute approximate surface area is 119 Å². The van der Waals surface area contributed by atoms with Crippen LogP contribution >= 0.6 is 0 Å². The molecule has 0 spiro atoms. The predicted octanol–water partition coefficient (Wildman–Crippen LogP) is 2.66. The molecule has 19 heavy (non-hydrogen) atoms. The number of piperazine rings is 1. The van der Waals surface area contributed by atoms with Gasteiger partial charge in [-0.15, -0.1) is 0 Å². The van der Waals surface area contributed by atoms with Crippen molar-refractivity contribution in [3.63, 3.8) is 0 Å². The zero-order valence-electron chi connectivity index (χ0n) is 13.3. The Morgan fingerprint density at radius 3 is 2.53 bits per heavy atom. The number of hydrogen-bond acceptors (Lipinski definition) is 3. The van der Waals surface area contributed by atoms with Crippen LogP contribution in [0.3, 0.4) is 0 Å². The van der Waals surface area contributed by atoms with E-state index in [1.54, 1.807) is 0 Å². The summed E-state index contributed by atoms with van der Waals surface area (Å²) in [5.41, 5.74) is 0.628. The number of nitrogens with zero attached hydrogens (tertiary/aromatic N) is 1. The zero-order chi connectivity index (χ0) is 13.9. The van der Waals surface area contributed by atoms with Crippen molar-refractivity contribution < 1.29 is 4.74 Å². The molecule has 2 rings (SSSR count). The van der Waals surface area contributed by atoms with E-state index in [-0.39, 0.29) is 5.54 Å². The summed E-state index contributed by atoms with van der Waals surface area (Å²) in [4.78, 5) is 2.71. The highest BCUT2D eigenvalue weighted by Crippen LogP contribution is 2.44. The smallest absolute Gasteiger partial charge is 0.0593 e. The van der Waals surface area contributed by atoms with Crippen molar-refractivity contribution in [2.75, 3.05) is 32.8 Å². The van der Waals surface area contributed by atoms with Gasteiger partial charge in [-0.05, 0) is 45.4 Å². The molecule has 1 N–H and O–H groups in total. The van der Waals surface area contributed by atoms with Crippen LogP contribution in [0.4, 0.5) is 0 Å². The van der Waals surface area contributed by atoms with E-state index >= 15 is 0 Å². The van der Waals surface area contributed by atoms with Gasteiger partial charge in [0.1, 0.15) is 0 Å². The monoisotopic (exact) mass is 268 g/mol. The van der Waals surface area contributed by atoms with Crippen molar-refractivity contribution in [1.82, 2.24) is 10.2 Å². The normalized spacial score (nSPS) is 36.6. The molecule has 1 saturated heterocycles. The molecule has 112 valence electrons. The summed E-state index contributed by atoms with van der Waals surface area (Å²) in [5, 5.41) is 3.81. The lowest BCUT2D eigenvalue weighted by atomic mass is 9.84. The predicted molar refractivity (Wildman–Crippen MR) is 80.5 cm³/mol. The van der Waals surface area contributed by atoms with Crippen LogP contribution in [0.1, 0.15) is 53.4 Å². The van der Waals surface area contributed by atoms with Crippen molar-refractivity contribution in [3.8, 4) is 0 Å². The third-order valence-electron chi connectivity index (χ3n) is 5.23. The van der Waals surface area contributed by atoms with Gasteiger partial charge in [0.2, 0.25) is 0 Å². The van der Waals surface area contributed by atoms with Gasteiger partial charge < -0.3 is 10.1 Å². The van der Waals surface area contributed by atoms with E-state index in [1.807, 2.05) is 0 Å². The summed E-state index contributed by atoms with van der Waals surface area (Å²) in [5.74, 6) is 0.896. The molecular formula is C16H32N2O. The van der Waals surface area contributed by atoms with E-state index in [1.165, 1.54) is 19.3 Å². The van der Waals surface area contributed by atoms with Crippen molar-refractivity contribution in [1.29, 1.82) is 0 Å². The van der Waals surface area contributed by atoms with Gasteiger partial charge in [-0.3, -0.25) is 4.90 Å². The van der Waals surface area contributed by atoms with Gasteiger partial charge in [0.05, 0.1) is 6.61 Å². The van der Waals surface area contributed by atoms with E-state index in [4.69, 9.17) is 4.74 Å². The molecular weight excluding hydrogens is 236 g/mol. The average Bonchev–Trinajstić information content (AvgIpc) is 3.24. The van der Waals surface area contributed by atoms with Crippen LogP contribution in [-0.2, 0) is 4.74 Å². The Morgan fingerprint density at radius 2 is 1.95 bits per heavy atom. The zero-order valence-corrected chi connectivity index (χ0v) is 13.3. The topological polar surface area (TPSA) is 24.5 Å². The molecule has 3 nitrogen and oxygen atoms in total. The van der Waals surface area contributed by atoms with E-state index < -0.39 is 0 Å². The largest absolute Gasteiger partial charge is 0.380 e. The quantitative estimate of drug-likeness (QED) is 0.718. The first-order valence-electron chi connectivity index (χ1n) is 8.12. The second-order valence-electron chi connectivity index (χ2n) is 6.93. The van der Waals surface area contributed by atoms with Crippen LogP contribution in [0.15, 0.2) is 0 Å². The van der Waals surface area contributed by atoms with Crippen LogP contribution in [0.25, 0.3) is 0 Å². The van der Waals surface area contributed by atoms with E-state index in [2.05, 4.69) is 37.9 Å². The SMILES string of the molecule is CCCOCCN1CC(C)(CC)NCC1(C)C1CC1. The number of nitrogens with one attached hydrogen (secondary N) is 1. The Morgan fingerprint density at radius 1 is 1.21 bits per heavy atom. The Bertz CT molecular complexity index is 292. The number of hydrogen-bond donors (Lipinski definition) is 1. The van der Waals surface area contributed by atoms with Gasteiger partial charge >= 0.3 is 0 Å². The van der Waals surface area contributed by atoms with E-state index in [0.29, 0.717) is 5.54 Å². The second-order valence-corrected chi connectivity index (χ2v) is 6.93. The van der Waals surface area contributed by atoms with Crippen LogP contribution in [0.5, 0.6) is 0 Å². The molecule has 1 heterocycles. The molecule has 1 aliphatic carbocycles. The molecule has 0 amide bonds. The van der Waals surface area contributed by atoms with Gasteiger partial charge in [-0.2, -0.15) is 0 Å². The second kappa shape index (κ2) is 6.11. The molecule has 3 heteroatoms. The molecule has 2 aliphatic rings. The Balaban J connectivity index is 1.95. The highest BCUT2D eigenvalue weighted by Gasteiger charge is 2.50. The first-order valence-corrected chi connectivity index (χ1v) is 8.12. The van der Waals surface area contributed by atoms with Gasteiger partial charge in [0, 0.05) is 37.3 Å². The third-order valence-corrected chi connectivity index (χ3v) is 5.23. The fraction of sp³-hybridized carbons (Fsp3) is 1.00.